The number of carboxylic acid groups (broad SMARTS) is 1. The summed E-state index contributed by atoms with van der Waals surface area (Å²) >= 11 is 0. The van der Waals surface area contributed by atoms with Gasteiger partial charge in [0.25, 0.3) is 0 Å². The number of aliphatic hydroxyl groups is 1. The van der Waals surface area contributed by atoms with Gasteiger partial charge >= 0.3 is 11.8 Å². The van der Waals surface area contributed by atoms with Crippen molar-refractivity contribution in [2.24, 2.45) is 0 Å². The molecule has 0 saturated carbocycles. The van der Waals surface area contributed by atoms with E-state index >= 15 is 0 Å². The van der Waals surface area contributed by atoms with E-state index in [9.17, 15) is 14.4 Å². The van der Waals surface area contributed by atoms with E-state index in [1.165, 1.54) is 0 Å². The maximum atomic E-state index is 9.97. The standard InChI is InChI=1S/C4H4O5/c5-1-2(6)3(7)4(8)9/h5H,1H2,(H,8,9). The van der Waals surface area contributed by atoms with Gasteiger partial charge in [0.15, 0.2) is 0 Å². The Hall–Kier alpha value is -1.23. The van der Waals surface area contributed by atoms with Crippen LogP contribution >= 0.6 is 0 Å². The Morgan fingerprint density at radius 2 is 1.67 bits per heavy atom. The first-order valence-electron chi connectivity index (χ1n) is 2.01. The van der Waals surface area contributed by atoms with Crippen molar-refractivity contribution in [2.45, 2.75) is 0 Å². The lowest BCUT2D eigenvalue weighted by atomic mass is 10.3. The molecule has 0 aromatic rings. The molecule has 0 rings (SSSR count). The largest absolute Gasteiger partial charge is 0.475 e. The monoisotopic (exact) mass is 132 g/mol. The molecule has 9 heavy (non-hydrogen) atoms. The number of Topliss-reactive ketones (excluding diaryl/α,β-unsaturated/α-hetero) is 2. The lowest BCUT2D eigenvalue weighted by molar-refractivity contribution is -0.153. The van der Waals surface area contributed by atoms with E-state index in [2.05, 4.69) is 0 Å². The predicted octanol–water partition coefficient (Wildman–Crippen LogP) is -1.80. The molecular weight excluding hydrogens is 128 g/mol. The molecule has 0 amide bonds. The van der Waals surface area contributed by atoms with Gasteiger partial charge in [-0.25, -0.2) is 4.79 Å². The highest BCUT2D eigenvalue weighted by molar-refractivity contribution is 6.61. The van der Waals surface area contributed by atoms with Gasteiger partial charge in [0.05, 0.1) is 0 Å². The minimum atomic E-state index is -1.84. The Morgan fingerprint density at radius 1 is 1.22 bits per heavy atom. The molecule has 0 aliphatic heterocycles. The van der Waals surface area contributed by atoms with Crippen LogP contribution in [0.2, 0.25) is 0 Å². The summed E-state index contributed by atoms with van der Waals surface area (Å²) in [7, 11) is 0. The smallest absolute Gasteiger partial charge is 0.380 e. The Kier molecular flexibility index (Phi) is 2.53. The topological polar surface area (TPSA) is 91.7 Å². The van der Waals surface area contributed by atoms with Crippen LogP contribution in [0.4, 0.5) is 0 Å². The van der Waals surface area contributed by atoms with Crippen LogP contribution in [0, 0.1) is 0 Å². The molecule has 0 aromatic heterocycles. The SMILES string of the molecule is O=C(O)C(=O)C(=O)CO. The fourth-order valence-electron chi connectivity index (χ4n) is 0.191. The van der Waals surface area contributed by atoms with Gasteiger partial charge < -0.3 is 10.2 Å². The van der Waals surface area contributed by atoms with E-state index in [4.69, 9.17) is 10.2 Å². The third-order valence-corrected chi connectivity index (χ3v) is 0.591. The predicted molar refractivity (Wildman–Crippen MR) is 24.7 cm³/mol. The lowest BCUT2D eigenvalue weighted by Crippen LogP contribution is -2.25. The van der Waals surface area contributed by atoms with Gasteiger partial charge in [-0.3, -0.25) is 9.59 Å². The number of rotatable bonds is 3. The van der Waals surface area contributed by atoms with E-state index in [1.807, 2.05) is 0 Å². The van der Waals surface area contributed by atoms with Crippen LogP contribution in [0.15, 0.2) is 0 Å². The maximum absolute atomic E-state index is 9.97. The molecule has 50 valence electrons. The fraction of sp³-hybridized carbons (Fsp3) is 0.250. The zero-order valence-corrected chi connectivity index (χ0v) is 4.33. The van der Waals surface area contributed by atoms with Crippen LogP contribution in [0.5, 0.6) is 0 Å². The van der Waals surface area contributed by atoms with Crippen LogP contribution in [0.25, 0.3) is 0 Å². The van der Waals surface area contributed by atoms with Crippen LogP contribution in [0.3, 0.4) is 0 Å². The van der Waals surface area contributed by atoms with Crippen molar-refractivity contribution in [2.75, 3.05) is 6.61 Å². The van der Waals surface area contributed by atoms with Crippen LogP contribution in [-0.2, 0) is 14.4 Å². The highest BCUT2D eigenvalue weighted by Crippen LogP contribution is 1.74. The van der Waals surface area contributed by atoms with Crippen LogP contribution < -0.4 is 0 Å². The maximum Gasteiger partial charge on any atom is 0.380 e. The fourth-order valence-corrected chi connectivity index (χ4v) is 0.191. The molecule has 0 atom stereocenters. The number of carboxylic acids is 1. The van der Waals surface area contributed by atoms with Crippen molar-refractivity contribution >= 4 is 17.5 Å². The highest BCUT2D eigenvalue weighted by Gasteiger charge is 2.19. The third-order valence-electron chi connectivity index (χ3n) is 0.591. The van der Waals surface area contributed by atoms with Crippen LogP contribution in [-0.4, -0.2) is 34.4 Å². The second kappa shape index (κ2) is 2.93. The lowest BCUT2D eigenvalue weighted by Gasteiger charge is -1.85. The zero-order valence-electron chi connectivity index (χ0n) is 4.33. The minimum Gasteiger partial charge on any atom is -0.475 e. The van der Waals surface area contributed by atoms with Crippen molar-refractivity contribution in [3.63, 3.8) is 0 Å². The first-order chi connectivity index (χ1) is 4.09. The summed E-state index contributed by atoms with van der Waals surface area (Å²) in [5.74, 6) is -4.73. The number of carbonyl (C=O) groups is 3. The summed E-state index contributed by atoms with van der Waals surface area (Å²) in [5.41, 5.74) is 0. The highest BCUT2D eigenvalue weighted by atomic mass is 16.4. The van der Waals surface area contributed by atoms with Crippen molar-refractivity contribution < 1.29 is 24.6 Å². The molecule has 0 radical (unpaired) electrons. The summed E-state index contributed by atoms with van der Waals surface area (Å²) in [6, 6.07) is 0. The quantitative estimate of drug-likeness (QED) is 0.349. The summed E-state index contributed by atoms with van der Waals surface area (Å²) in [6.45, 7) is -1.05. The Bertz CT molecular complexity index is 158. The molecule has 2 N–H and O–H groups in total. The third kappa shape index (κ3) is 2.00. The van der Waals surface area contributed by atoms with Crippen molar-refractivity contribution in [3.05, 3.63) is 0 Å². The summed E-state index contributed by atoms with van der Waals surface area (Å²) in [4.78, 5) is 29.6. The number of aliphatic carboxylic acids is 1. The second-order valence-electron chi connectivity index (χ2n) is 1.22. The zero-order chi connectivity index (χ0) is 7.44. The van der Waals surface area contributed by atoms with Gasteiger partial charge in [0.2, 0.25) is 5.78 Å². The molecule has 0 heterocycles. The summed E-state index contributed by atoms with van der Waals surface area (Å²) < 4.78 is 0. The molecule has 0 spiro atoms. The van der Waals surface area contributed by atoms with Crippen molar-refractivity contribution in [1.82, 2.24) is 0 Å². The molecule has 0 saturated heterocycles. The summed E-state index contributed by atoms with van der Waals surface area (Å²) in [5, 5.41) is 15.7. The number of hydrogen-bond donors (Lipinski definition) is 2. The molecule has 0 bridgehead atoms. The first-order valence-corrected chi connectivity index (χ1v) is 2.01. The molecular formula is C4H4O5. The minimum absolute atomic E-state index is 1.05. The first kappa shape index (κ1) is 7.77. The Balaban J connectivity index is 4.05. The van der Waals surface area contributed by atoms with Crippen LogP contribution in [0.1, 0.15) is 0 Å². The van der Waals surface area contributed by atoms with E-state index in [1.54, 1.807) is 0 Å². The number of carbonyl (C=O) groups excluding carboxylic acids is 2. The normalized spacial score (nSPS) is 8.56. The van der Waals surface area contributed by atoms with Gasteiger partial charge in [-0.05, 0) is 0 Å². The molecule has 0 aliphatic carbocycles. The van der Waals surface area contributed by atoms with E-state index in [0.29, 0.717) is 0 Å². The van der Waals surface area contributed by atoms with Gasteiger partial charge in [0.1, 0.15) is 6.61 Å². The van der Waals surface area contributed by atoms with E-state index in [-0.39, 0.29) is 0 Å². The summed E-state index contributed by atoms with van der Waals surface area (Å²) in [6.07, 6.45) is 0. The Morgan fingerprint density at radius 3 is 1.78 bits per heavy atom. The van der Waals surface area contributed by atoms with Crippen molar-refractivity contribution in [3.8, 4) is 0 Å². The molecule has 0 unspecified atom stereocenters. The molecule has 0 fully saturated rings. The van der Waals surface area contributed by atoms with Gasteiger partial charge in [-0.2, -0.15) is 0 Å². The molecule has 0 aliphatic rings. The van der Waals surface area contributed by atoms with E-state index in [0.717, 1.165) is 0 Å². The number of hydrogen-bond acceptors (Lipinski definition) is 4. The number of aliphatic hydroxyl groups excluding tert-OH is 1. The molecule has 5 heteroatoms. The van der Waals surface area contributed by atoms with Gasteiger partial charge in [-0.1, -0.05) is 0 Å². The average molecular weight is 132 g/mol. The molecule has 5 nitrogen and oxygen atoms in total. The van der Waals surface area contributed by atoms with Gasteiger partial charge in [0, 0.05) is 0 Å². The number of ketones is 2. The second-order valence-corrected chi connectivity index (χ2v) is 1.22. The average Bonchev–Trinajstić information content (AvgIpc) is 1.84. The Labute approximate surface area is 49.9 Å². The van der Waals surface area contributed by atoms with Crippen molar-refractivity contribution in [1.29, 1.82) is 0 Å². The van der Waals surface area contributed by atoms with Gasteiger partial charge in [-0.15, -0.1) is 0 Å². The van der Waals surface area contributed by atoms with E-state index < -0.39 is 24.1 Å². The molecule has 0 aromatic carbocycles.